The van der Waals surface area contributed by atoms with Crippen LogP contribution in [0.1, 0.15) is 18.7 Å². The minimum atomic E-state index is -0.478. The van der Waals surface area contributed by atoms with Crippen molar-refractivity contribution in [2.24, 2.45) is 5.73 Å². The van der Waals surface area contributed by atoms with Gasteiger partial charge in [-0.25, -0.2) is 0 Å². The van der Waals surface area contributed by atoms with Crippen LogP contribution < -0.4 is 10.5 Å². The van der Waals surface area contributed by atoms with Crippen molar-refractivity contribution in [3.8, 4) is 11.5 Å². The highest BCUT2D eigenvalue weighted by atomic mass is 79.9. The van der Waals surface area contributed by atoms with Gasteiger partial charge in [0.05, 0.1) is 16.8 Å². The second-order valence-electron chi connectivity index (χ2n) is 4.16. The molecule has 0 saturated heterocycles. The van der Waals surface area contributed by atoms with Gasteiger partial charge in [0.1, 0.15) is 16.0 Å². The molecule has 0 aliphatic carbocycles. The topological polar surface area (TPSA) is 91.3 Å². The summed E-state index contributed by atoms with van der Waals surface area (Å²) in [5, 5.41) is 10.8. The third-order valence-electron chi connectivity index (χ3n) is 2.59. The van der Waals surface area contributed by atoms with Crippen LogP contribution in [0.5, 0.6) is 11.5 Å². The summed E-state index contributed by atoms with van der Waals surface area (Å²) in [4.78, 5) is 14.5. The number of nitro groups is 1. The molecular formula is C13H12BrN3O3. The van der Waals surface area contributed by atoms with E-state index < -0.39 is 4.92 Å². The number of nitro benzene ring substituents is 1. The minimum absolute atomic E-state index is 0.0531. The van der Waals surface area contributed by atoms with E-state index in [0.717, 1.165) is 5.69 Å². The van der Waals surface area contributed by atoms with Gasteiger partial charge in [-0.2, -0.15) is 0 Å². The predicted molar refractivity (Wildman–Crippen MR) is 77.7 cm³/mol. The molecule has 0 radical (unpaired) electrons. The van der Waals surface area contributed by atoms with Crippen LogP contribution in [0.4, 0.5) is 5.69 Å². The monoisotopic (exact) mass is 337 g/mol. The number of rotatable bonds is 4. The molecule has 0 spiro atoms. The molecule has 1 atom stereocenters. The van der Waals surface area contributed by atoms with Crippen molar-refractivity contribution in [2.45, 2.75) is 13.0 Å². The first kappa shape index (κ1) is 14.4. The Bertz CT molecular complexity index is 629. The van der Waals surface area contributed by atoms with E-state index in [4.69, 9.17) is 10.5 Å². The summed E-state index contributed by atoms with van der Waals surface area (Å²) < 4.78 is 5.87. The number of ether oxygens (including phenoxy) is 1. The zero-order valence-electron chi connectivity index (χ0n) is 10.6. The van der Waals surface area contributed by atoms with Crippen LogP contribution in [0, 0.1) is 10.1 Å². The number of nitrogens with zero attached hydrogens (tertiary/aromatic N) is 2. The van der Waals surface area contributed by atoms with Gasteiger partial charge in [-0.1, -0.05) is 6.07 Å². The molecule has 0 bridgehead atoms. The molecule has 6 nitrogen and oxygen atoms in total. The Morgan fingerprint density at radius 3 is 2.70 bits per heavy atom. The SMILES string of the molecule is C[C@H](N)c1ccc(Oc2cccc([N+](=O)[O-])c2Br)cn1. The molecule has 1 aromatic carbocycles. The predicted octanol–water partition coefficient (Wildman–Crippen LogP) is 3.56. The summed E-state index contributed by atoms with van der Waals surface area (Å²) in [5.74, 6) is 0.838. The summed E-state index contributed by atoms with van der Waals surface area (Å²) in [6.07, 6.45) is 1.53. The number of hydrogen-bond donors (Lipinski definition) is 1. The Kier molecular flexibility index (Phi) is 4.31. The highest BCUT2D eigenvalue weighted by Crippen LogP contribution is 2.36. The van der Waals surface area contributed by atoms with Gasteiger partial charge in [0.25, 0.3) is 5.69 Å². The van der Waals surface area contributed by atoms with Gasteiger partial charge in [-0.15, -0.1) is 0 Å². The van der Waals surface area contributed by atoms with Crippen LogP contribution in [0.2, 0.25) is 0 Å². The van der Waals surface area contributed by atoms with Gasteiger partial charge in [0, 0.05) is 12.1 Å². The first-order valence-corrected chi connectivity index (χ1v) is 6.60. The van der Waals surface area contributed by atoms with Crippen molar-refractivity contribution in [3.63, 3.8) is 0 Å². The number of nitrogens with two attached hydrogens (primary N) is 1. The molecule has 0 saturated carbocycles. The average Bonchev–Trinajstić information content (AvgIpc) is 2.41. The van der Waals surface area contributed by atoms with Gasteiger partial charge in [-0.3, -0.25) is 15.1 Å². The van der Waals surface area contributed by atoms with Crippen molar-refractivity contribution < 1.29 is 9.66 Å². The van der Waals surface area contributed by atoms with E-state index in [-0.39, 0.29) is 11.7 Å². The fraction of sp³-hybridized carbons (Fsp3) is 0.154. The maximum Gasteiger partial charge on any atom is 0.287 e. The highest BCUT2D eigenvalue weighted by molar-refractivity contribution is 9.10. The van der Waals surface area contributed by atoms with Crippen LogP contribution in [0.15, 0.2) is 41.0 Å². The fourth-order valence-electron chi connectivity index (χ4n) is 1.57. The van der Waals surface area contributed by atoms with Crippen LogP contribution in [0.3, 0.4) is 0 Å². The lowest BCUT2D eigenvalue weighted by Gasteiger charge is -2.09. The largest absolute Gasteiger partial charge is 0.454 e. The number of hydrogen-bond acceptors (Lipinski definition) is 5. The van der Waals surface area contributed by atoms with Crippen molar-refractivity contribution in [2.75, 3.05) is 0 Å². The molecule has 0 amide bonds. The molecule has 1 heterocycles. The Morgan fingerprint density at radius 2 is 2.15 bits per heavy atom. The molecule has 0 unspecified atom stereocenters. The zero-order valence-corrected chi connectivity index (χ0v) is 12.2. The molecule has 2 rings (SSSR count). The quantitative estimate of drug-likeness (QED) is 0.680. The van der Waals surface area contributed by atoms with Crippen molar-refractivity contribution in [3.05, 3.63) is 56.8 Å². The van der Waals surface area contributed by atoms with Gasteiger partial charge >= 0.3 is 0 Å². The van der Waals surface area contributed by atoms with Crippen molar-refractivity contribution in [1.82, 2.24) is 4.98 Å². The van der Waals surface area contributed by atoms with Crippen LogP contribution in [-0.2, 0) is 0 Å². The maximum atomic E-state index is 10.8. The van der Waals surface area contributed by atoms with Gasteiger partial charge in [-0.05, 0) is 41.1 Å². The van der Waals surface area contributed by atoms with Gasteiger partial charge < -0.3 is 10.5 Å². The molecule has 7 heteroatoms. The molecule has 2 N–H and O–H groups in total. The fourth-order valence-corrected chi connectivity index (χ4v) is 2.06. The number of benzene rings is 1. The van der Waals surface area contributed by atoms with Crippen LogP contribution >= 0.6 is 15.9 Å². The molecule has 104 valence electrons. The summed E-state index contributed by atoms with van der Waals surface area (Å²) in [6, 6.07) is 7.91. The van der Waals surface area contributed by atoms with Gasteiger partial charge in [0.15, 0.2) is 0 Å². The summed E-state index contributed by atoms with van der Waals surface area (Å²) in [7, 11) is 0. The molecule has 0 aliphatic heterocycles. The van der Waals surface area contributed by atoms with E-state index in [9.17, 15) is 10.1 Å². The maximum absolute atomic E-state index is 10.8. The van der Waals surface area contributed by atoms with Crippen LogP contribution in [-0.4, -0.2) is 9.91 Å². The second kappa shape index (κ2) is 5.98. The Hall–Kier alpha value is -1.99. The Balaban J connectivity index is 2.26. The van der Waals surface area contributed by atoms with Gasteiger partial charge in [0.2, 0.25) is 0 Å². The number of aromatic nitrogens is 1. The zero-order chi connectivity index (χ0) is 14.7. The van der Waals surface area contributed by atoms with Crippen LogP contribution in [0.25, 0.3) is 0 Å². The Labute approximate surface area is 123 Å². The lowest BCUT2D eigenvalue weighted by molar-refractivity contribution is -0.385. The van der Waals surface area contributed by atoms with Crippen molar-refractivity contribution >= 4 is 21.6 Å². The van der Waals surface area contributed by atoms with E-state index >= 15 is 0 Å². The Morgan fingerprint density at radius 1 is 1.40 bits per heavy atom. The number of halogens is 1. The lowest BCUT2D eigenvalue weighted by atomic mass is 10.2. The normalized spacial score (nSPS) is 11.9. The molecule has 0 fully saturated rings. The third kappa shape index (κ3) is 3.12. The summed E-state index contributed by atoms with van der Waals surface area (Å²) in [5.41, 5.74) is 6.40. The van der Waals surface area contributed by atoms with Crippen molar-refractivity contribution in [1.29, 1.82) is 0 Å². The molecule has 2 aromatic rings. The minimum Gasteiger partial charge on any atom is -0.454 e. The summed E-state index contributed by atoms with van der Waals surface area (Å²) >= 11 is 3.17. The number of pyridine rings is 1. The van der Waals surface area contributed by atoms with E-state index in [1.54, 1.807) is 24.3 Å². The van der Waals surface area contributed by atoms with E-state index in [0.29, 0.717) is 16.0 Å². The molecular weight excluding hydrogens is 326 g/mol. The highest BCUT2D eigenvalue weighted by Gasteiger charge is 2.16. The first-order valence-electron chi connectivity index (χ1n) is 5.81. The van der Waals surface area contributed by atoms with E-state index in [1.165, 1.54) is 12.3 Å². The molecule has 0 aliphatic rings. The smallest absolute Gasteiger partial charge is 0.287 e. The first-order chi connectivity index (χ1) is 9.49. The standard InChI is InChI=1S/C13H12BrN3O3/c1-8(15)10-6-5-9(7-16-10)20-12-4-2-3-11(13(12)14)17(18)19/h2-8H,15H2,1H3/t8-/m0/s1. The lowest BCUT2D eigenvalue weighted by Crippen LogP contribution is -2.06. The molecule has 1 aromatic heterocycles. The average molecular weight is 338 g/mol. The summed E-state index contributed by atoms with van der Waals surface area (Å²) in [6.45, 7) is 1.83. The van der Waals surface area contributed by atoms with E-state index in [2.05, 4.69) is 20.9 Å². The second-order valence-corrected chi connectivity index (χ2v) is 4.95. The molecule has 20 heavy (non-hydrogen) atoms. The third-order valence-corrected chi connectivity index (χ3v) is 3.39. The van der Waals surface area contributed by atoms with E-state index in [1.807, 2.05) is 6.92 Å².